The topological polar surface area (TPSA) is 65.5 Å². The lowest BCUT2D eigenvalue weighted by molar-refractivity contribution is -0.137. The van der Waals surface area contributed by atoms with Crippen LogP contribution >= 0.6 is 24.0 Å². The molecule has 0 spiro atoms. The Morgan fingerprint density at radius 3 is 2.12 bits per heavy atom. The predicted octanol–water partition coefficient (Wildman–Crippen LogP) is 2.51. The van der Waals surface area contributed by atoms with Gasteiger partial charge in [-0.05, 0) is 31.5 Å². The average molecular weight is 458 g/mol. The van der Waals surface area contributed by atoms with Gasteiger partial charge in [-0.2, -0.15) is 13.2 Å². The van der Waals surface area contributed by atoms with Gasteiger partial charge < -0.3 is 16.0 Å². The van der Waals surface area contributed by atoms with Crippen LogP contribution in [0.5, 0.6) is 0 Å². The average Bonchev–Trinajstić information content (AvgIpc) is 2.50. The van der Waals surface area contributed by atoms with Crippen molar-refractivity contribution in [3.8, 4) is 0 Å². The molecule has 0 aromatic heterocycles. The summed E-state index contributed by atoms with van der Waals surface area (Å²) >= 11 is 0. The number of carbonyl (C=O) groups is 1. The highest BCUT2D eigenvalue weighted by Crippen LogP contribution is 2.29. The van der Waals surface area contributed by atoms with Gasteiger partial charge in [0.15, 0.2) is 5.96 Å². The number of likely N-dealkylation sites (N-methyl/N-ethyl adjacent to an activating group) is 1. The SMILES string of the molecule is CCNC(=O)CNC(=NCc1ccc(C(F)(F)F)cc1)NCC.I. The van der Waals surface area contributed by atoms with E-state index in [4.69, 9.17) is 0 Å². The first kappa shape index (κ1) is 22.5. The molecule has 0 saturated carbocycles. The number of nitrogens with zero attached hydrogens (tertiary/aromatic N) is 1. The molecule has 0 unspecified atom stereocenters. The van der Waals surface area contributed by atoms with Crippen molar-refractivity contribution in [2.45, 2.75) is 26.6 Å². The fraction of sp³-hybridized carbons (Fsp3) is 0.467. The maximum absolute atomic E-state index is 12.5. The van der Waals surface area contributed by atoms with Crippen molar-refractivity contribution in [2.24, 2.45) is 4.99 Å². The number of rotatable bonds is 6. The molecule has 0 bridgehead atoms. The Kier molecular flexibility index (Phi) is 10.4. The maximum Gasteiger partial charge on any atom is 0.416 e. The summed E-state index contributed by atoms with van der Waals surface area (Å²) in [5.41, 5.74) is -0.0419. The van der Waals surface area contributed by atoms with Gasteiger partial charge in [0.05, 0.1) is 18.7 Å². The molecule has 0 radical (unpaired) electrons. The molecule has 1 amide bonds. The minimum absolute atomic E-state index is 0. The number of benzene rings is 1. The first-order valence-corrected chi connectivity index (χ1v) is 7.31. The van der Waals surface area contributed by atoms with Gasteiger partial charge in [0.25, 0.3) is 0 Å². The molecule has 0 aliphatic carbocycles. The second-order valence-electron chi connectivity index (χ2n) is 4.70. The van der Waals surface area contributed by atoms with E-state index < -0.39 is 11.7 Å². The number of carbonyl (C=O) groups excluding carboxylic acids is 1. The molecule has 0 aliphatic rings. The Morgan fingerprint density at radius 2 is 1.62 bits per heavy atom. The molecular weight excluding hydrogens is 436 g/mol. The number of hydrogen-bond donors (Lipinski definition) is 3. The van der Waals surface area contributed by atoms with Crippen LogP contribution in [0, 0.1) is 0 Å². The molecule has 5 nitrogen and oxygen atoms in total. The second-order valence-corrected chi connectivity index (χ2v) is 4.70. The van der Waals surface area contributed by atoms with Crippen molar-refractivity contribution in [2.75, 3.05) is 19.6 Å². The van der Waals surface area contributed by atoms with Gasteiger partial charge in [-0.25, -0.2) is 4.99 Å². The fourth-order valence-corrected chi connectivity index (χ4v) is 1.73. The van der Waals surface area contributed by atoms with Crippen LogP contribution in [-0.2, 0) is 17.5 Å². The largest absolute Gasteiger partial charge is 0.416 e. The monoisotopic (exact) mass is 458 g/mol. The molecule has 0 aliphatic heterocycles. The number of halogens is 4. The Morgan fingerprint density at radius 1 is 1.04 bits per heavy atom. The quantitative estimate of drug-likeness (QED) is 0.349. The first-order chi connectivity index (χ1) is 10.9. The minimum Gasteiger partial charge on any atom is -0.357 e. The smallest absolute Gasteiger partial charge is 0.357 e. The van der Waals surface area contributed by atoms with E-state index in [9.17, 15) is 18.0 Å². The van der Waals surface area contributed by atoms with Crippen molar-refractivity contribution in [3.63, 3.8) is 0 Å². The molecular formula is C15H22F3IN4O. The molecule has 3 N–H and O–H groups in total. The zero-order valence-electron chi connectivity index (χ0n) is 13.5. The van der Waals surface area contributed by atoms with Crippen molar-refractivity contribution in [1.82, 2.24) is 16.0 Å². The minimum atomic E-state index is -4.34. The Balaban J connectivity index is 0.00000529. The highest BCUT2D eigenvalue weighted by molar-refractivity contribution is 14.0. The summed E-state index contributed by atoms with van der Waals surface area (Å²) in [5.74, 6) is 0.270. The Hall–Kier alpha value is -1.52. The number of aliphatic imine (C=N–C) groups is 1. The maximum atomic E-state index is 12.5. The zero-order chi connectivity index (χ0) is 17.3. The lowest BCUT2D eigenvalue weighted by Crippen LogP contribution is -2.43. The highest BCUT2D eigenvalue weighted by Gasteiger charge is 2.29. The van der Waals surface area contributed by atoms with E-state index in [1.807, 2.05) is 13.8 Å². The van der Waals surface area contributed by atoms with Gasteiger partial charge in [0.2, 0.25) is 5.91 Å². The summed E-state index contributed by atoms with van der Waals surface area (Å²) in [6.45, 7) is 5.13. The molecule has 136 valence electrons. The van der Waals surface area contributed by atoms with Gasteiger partial charge in [-0.1, -0.05) is 12.1 Å². The molecule has 9 heteroatoms. The van der Waals surface area contributed by atoms with Crippen LogP contribution in [0.4, 0.5) is 13.2 Å². The fourth-order valence-electron chi connectivity index (χ4n) is 1.73. The highest BCUT2D eigenvalue weighted by atomic mass is 127. The third-order valence-corrected chi connectivity index (χ3v) is 2.84. The molecule has 1 aromatic carbocycles. The molecule has 0 atom stereocenters. The lowest BCUT2D eigenvalue weighted by Gasteiger charge is -2.11. The Labute approximate surface area is 156 Å². The van der Waals surface area contributed by atoms with E-state index in [0.717, 1.165) is 12.1 Å². The number of guanidine groups is 1. The zero-order valence-corrected chi connectivity index (χ0v) is 15.9. The molecule has 0 heterocycles. The van der Waals surface area contributed by atoms with Crippen molar-refractivity contribution >= 4 is 35.8 Å². The van der Waals surface area contributed by atoms with Gasteiger partial charge >= 0.3 is 6.18 Å². The van der Waals surface area contributed by atoms with Gasteiger partial charge in [-0.15, -0.1) is 24.0 Å². The van der Waals surface area contributed by atoms with Gasteiger partial charge in [-0.3, -0.25) is 4.79 Å². The van der Waals surface area contributed by atoms with Crippen molar-refractivity contribution in [3.05, 3.63) is 35.4 Å². The van der Waals surface area contributed by atoms with Crippen LogP contribution in [0.1, 0.15) is 25.0 Å². The molecule has 0 saturated heterocycles. The van der Waals surface area contributed by atoms with Crippen LogP contribution in [0.3, 0.4) is 0 Å². The lowest BCUT2D eigenvalue weighted by atomic mass is 10.1. The van der Waals surface area contributed by atoms with E-state index in [2.05, 4.69) is 20.9 Å². The van der Waals surface area contributed by atoms with Crippen LogP contribution < -0.4 is 16.0 Å². The first-order valence-electron chi connectivity index (χ1n) is 7.31. The summed E-state index contributed by atoms with van der Waals surface area (Å²) in [7, 11) is 0. The molecule has 1 aromatic rings. The second kappa shape index (κ2) is 11.1. The van der Waals surface area contributed by atoms with E-state index in [1.54, 1.807) is 0 Å². The molecule has 0 fully saturated rings. The van der Waals surface area contributed by atoms with Gasteiger partial charge in [0, 0.05) is 13.1 Å². The van der Waals surface area contributed by atoms with Crippen LogP contribution in [0.2, 0.25) is 0 Å². The van der Waals surface area contributed by atoms with Crippen molar-refractivity contribution < 1.29 is 18.0 Å². The Bertz CT molecular complexity index is 533. The summed E-state index contributed by atoms with van der Waals surface area (Å²) in [5, 5.41) is 8.47. The van der Waals surface area contributed by atoms with Gasteiger partial charge in [0.1, 0.15) is 0 Å². The third-order valence-electron chi connectivity index (χ3n) is 2.84. The predicted molar refractivity (Wildman–Crippen MR) is 98.4 cm³/mol. The number of alkyl halides is 3. The number of nitrogens with one attached hydrogen (secondary N) is 3. The summed E-state index contributed by atoms with van der Waals surface area (Å²) in [4.78, 5) is 15.6. The number of hydrogen-bond acceptors (Lipinski definition) is 2. The van der Waals surface area contributed by atoms with Crippen LogP contribution in [0.15, 0.2) is 29.3 Å². The van der Waals surface area contributed by atoms with E-state index >= 15 is 0 Å². The number of amides is 1. The summed E-state index contributed by atoms with van der Waals surface area (Å²) in [6.07, 6.45) is -4.34. The van der Waals surface area contributed by atoms with E-state index in [0.29, 0.717) is 24.6 Å². The van der Waals surface area contributed by atoms with Crippen LogP contribution in [0.25, 0.3) is 0 Å². The van der Waals surface area contributed by atoms with E-state index in [-0.39, 0.29) is 43.0 Å². The summed E-state index contributed by atoms with van der Waals surface area (Å²) < 4.78 is 37.5. The normalized spacial score (nSPS) is 11.5. The summed E-state index contributed by atoms with van der Waals surface area (Å²) in [6, 6.07) is 4.83. The third kappa shape index (κ3) is 8.37. The van der Waals surface area contributed by atoms with Crippen LogP contribution in [-0.4, -0.2) is 31.5 Å². The standard InChI is InChI=1S/C15H21F3N4O.HI/c1-3-19-13(23)10-22-14(20-4-2)21-9-11-5-7-12(8-6-11)15(16,17)18;/h5-8H,3-4,9-10H2,1-2H3,(H,19,23)(H2,20,21,22);1H. The van der Waals surface area contributed by atoms with E-state index in [1.165, 1.54) is 12.1 Å². The molecule has 24 heavy (non-hydrogen) atoms. The molecule has 1 rings (SSSR count). The van der Waals surface area contributed by atoms with Crippen molar-refractivity contribution in [1.29, 1.82) is 0 Å².